The van der Waals surface area contributed by atoms with Crippen molar-refractivity contribution < 1.29 is 9.84 Å². The summed E-state index contributed by atoms with van der Waals surface area (Å²) in [5.41, 5.74) is 2.99. The number of hydrogen-bond donors (Lipinski definition) is 2. The van der Waals surface area contributed by atoms with E-state index in [-0.39, 0.29) is 6.61 Å². The Morgan fingerprint density at radius 3 is 2.85 bits per heavy atom. The average molecular weight is 275 g/mol. The first-order valence-electron chi connectivity index (χ1n) is 6.66. The number of rotatable bonds is 6. The largest absolute Gasteiger partial charge is 0.491 e. The number of nitrogens with zero attached hydrogens (tertiary/aromatic N) is 2. The molecular formula is C15H21N3O2. The highest BCUT2D eigenvalue weighted by atomic mass is 16.5. The van der Waals surface area contributed by atoms with Crippen molar-refractivity contribution in [2.45, 2.75) is 20.0 Å². The Hall–Kier alpha value is -2.01. The van der Waals surface area contributed by atoms with Gasteiger partial charge in [-0.15, -0.1) is 0 Å². The van der Waals surface area contributed by atoms with E-state index in [4.69, 9.17) is 4.74 Å². The lowest BCUT2D eigenvalue weighted by Crippen LogP contribution is -2.26. The summed E-state index contributed by atoms with van der Waals surface area (Å²) in [7, 11) is 1.87. The van der Waals surface area contributed by atoms with E-state index in [1.54, 1.807) is 4.68 Å². The number of aryl methyl sites for hydroxylation is 3. The predicted octanol–water partition coefficient (Wildman–Crippen LogP) is 1.89. The number of benzene rings is 1. The van der Waals surface area contributed by atoms with Crippen molar-refractivity contribution >= 4 is 5.69 Å². The van der Waals surface area contributed by atoms with Crippen LogP contribution in [0.4, 0.5) is 5.69 Å². The average Bonchev–Trinajstić information content (AvgIpc) is 2.72. The highest BCUT2D eigenvalue weighted by Gasteiger charge is 2.08. The van der Waals surface area contributed by atoms with E-state index in [1.807, 2.05) is 51.4 Å². The molecule has 0 bridgehead atoms. The molecule has 0 saturated carbocycles. The Bertz CT molecular complexity index is 566. The van der Waals surface area contributed by atoms with Crippen molar-refractivity contribution in [3.8, 4) is 5.75 Å². The molecule has 1 heterocycles. The summed E-state index contributed by atoms with van der Waals surface area (Å²) in [5, 5.41) is 17.3. The summed E-state index contributed by atoms with van der Waals surface area (Å²) in [6, 6.07) is 7.79. The molecule has 20 heavy (non-hydrogen) atoms. The summed E-state index contributed by atoms with van der Waals surface area (Å²) in [6.45, 7) is 4.63. The van der Waals surface area contributed by atoms with E-state index in [9.17, 15) is 5.11 Å². The topological polar surface area (TPSA) is 59.3 Å². The fourth-order valence-corrected chi connectivity index (χ4v) is 1.96. The van der Waals surface area contributed by atoms with Crippen molar-refractivity contribution in [1.29, 1.82) is 0 Å². The van der Waals surface area contributed by atoms with Crippen molar-refractivity contribution in [3.63, 3.8) is 0 Å². The van der Waals surface area contributed by atoms with E-state index in [0.29, 0.717) is 6.54 Å². The maximum atomic E-state index is 9.92. The normalized spacial score (nSPS) is 12.2. The Morgan fingerprint density at radius 2 is 2.20 bits per heavy atom. The molecule has 0 aliphatic heterocycles. The SMILES string of the molecule is Cc1cccc(OCC(O)CNc2cn(C)nc2C)c1. The predicted molar refractivity (Wildman–Crippen MR) is 79.1 cm³/mol. The Labute approximate surface area is 119 Å². The van der Waals surface area contributed by atoms with Gasteiger partial charge in [-0.1, -0.05) is 12.1 Å². The van der Waals surface area contributed by atoms with Crippen LogP contribution < -0.4 is 10.1 Å². The molecule has 1 atom stereocenters. The first-order chi connectivity index (χ1) is 9.54. The number of nitrogens with one attached hydrogen (secondary N) is 1. The van der Waals surface area contributed by atoms with Crippen LogP contribution in [-0.4, -0.2) is 34.1 Å². The second-order valence-electron chi connectivity index (χ2n) is 4.96. The number of ether oxygens (including phenoxy) is 1. The summed E-state index contributed by atoms with van der Waals surface area (Å²) >= 11 is 0. The minimum atomic E-state index is -0.574. The van der Waals surface area contributed by atoms with E-state index >= 15 is 0 Å². The van der Waals surface area contributed by atoms with E-state index in [2.05, 4.69) is 10.4 Å². The number of aliphatic hydroxyl groups excluding tert-OH is 1. The van der Waals surface area contributed by atoms with Crippen LogP contribution in [0, 0.1) is 13.8 Å². The molecule has 2 aromatic rings. The van der Waals surface area contributed by atoms with Crippen molar-refractivity contribution in [2.75, 3.05) is 18.5 Å². The Balaban J connectivity index is 1.78. The van der Waals surface area contributed by atoms with Gasteiger partial charge in [0, 0.05) is 19.8 Å². The molecule has 2 N–H and O–H groups in total. The lowest BCUT2D eigenvalue weighted by atomic mass is 10.2. The summed E-state index contributed by atoms with van der Waals surface area (Å²) in [6.07, 6.45) is 1.32. The van der Waals surface area contributed by atoms with Gasteiger partial charge in [0.2, 0.25) is 0 Å². The number of anilines is 1. The maximum absolute atomic E-state index is 9.92. The van der Waals surface area contributed by atoms with Gasteiger partial charge in [0.05, 0.1) is 11.4 Å². The third-order valence-electron chi connectivity index (χ3n) is 2.97. The van der Waals surface area contributed by atoms with Gasteiger partial charge in [0.1, 0.15) is 18.5 Å². The van der Waals surface area contributed by atoms with Crippen LogP contribution >= 0.6 is 0 Å². The van der Waals surface area contributed by atoms with Gasteiger partial charge < -0.3 is 15.2 Å². The van der Waals surface area contributed by atoms with Gasteiger partial charge >= 0.3 is 0 Å². The van der Waals surface area contributed by atoms with Crippen LogP contribution in [0.2, 0.25) is 0 Å². The number of aliphatic hydroxyl groups is 1. The van der Waals surface area contributed by atoms with Crippen LogP contribution in [-0.2, 0) is 7.05 Å². The molecule has 1 unspecified atom stereocenters. The minimum Gasteiger partial charge on any atom is -0.491 e. The summed E-state index contributed by atoms with van der Waals surface area (Å²) < 4.78 is 7.30. The van der Waals surface area contributed by atoms with Crippen molar-refractivity contribution in [3.05, 3.63) is 41.7 Å². The minimum absolute atomic E-state index is 0.260. The van der Waals surface area contributed by atoms with Gasteiger partial charge in [-0.3, -0.25) is 4.68 Å². The van der Waals surface area contributed by atoms with Gasteiger partial charge in [0.25, 0.3) is 0 Å². The zero-order valence-corrected chi connectivity index (χ0v) is 12.1. The fraction of sp³-hybridized carbons (Fsp3) is 0.400. The molecule has 0 amide bonds. The molecular weight excluding hydrogens is 254 g/mol. The zero-order chi connectivity index (χ0) is 14.5. The van der Waals surface area contributed by atoms with E-state index in [0.717, 1.165) is 22.7 Å². The first-order valence-corrected chi connectivity index (χ1v) is 6.66. The zero-order valence-electron chi connectivity index (χ0n) is 12.1. The van der Waals surface area contributed by atoms with Crippen molar-refractivity contribution in [1.82, 2.24) is 9.78 Å². The third-order valence-corrected chi connectivity index (χ3v) is 2.97. The molecule has 0 spiro atoms. The summed E-state index contributed by atoms with van der Waals surface area (Å²) in [4.78, 5) is 0. The number of hydrogen-bond acceptors (Lipinski definition) is 4. The molecule has 0 aliphatic carbocycles. The molecule has 0 radical (unpaired) electrons. The molecule has 0 aliphatic rings. The quantitative estimate of drug-likeness (QED) is 0.845. The summed E-state index contributed by atoms with van der Waals surface area (Å²) in [5.74, 6) is 0.779. The number of aromatic nitrogens is 2. The van der Waals surface area contributed by atoms with Gasteiger partial charge in [0.15, 0.2) is 0 Å². The first kappa shape index (κ1) is 14.4. The van der Waals surface area contributed by atoms with Crippen LogP contribution in [0.15, 0.2) is 30.5 Å². The van der Waals surface area contributed by atoms with Crippen molar-refractivity contribution in [2.24, 2.45) is 7.05 Å². The van der Waals surface area contributed by atoms with Crippen LogP contribution in [0.1, 0.15) is 11.3 Å². The smallest absolute Gasteiger partial charge is 0.119 e. The molecule has 1 aromatic carbocycles. The van der Waals surface area contributed by atoms with Gasteiger partial charge in [-0.05, 0) is 31.5 Å². The molecule has 5 nitrogen and oxygen atoms in total. The van der Waals surface area contributed by atoms with Gasteiger partial charge in [-0.25, -0.2) is 0 Å². The molecule has 5 heteroatoms. The molecule has 2 rings (SSSR count). The Morgan fingerprint density at radius 1 is 1.40 bits per heavy atom. The third kappa shape index (κ3) is 3.99. The maximum Gasteiger partial charge on any atom is 0.119 e. The lowest BCUT2D eigenvalue weighted by Gasteiger charge is -2.13. The second kappa shape index (κ2) is 6.43. The Kier molecular flexibility index (Phi) is 4.63. The molecule has 0 saturated heterocycles. The van der Waals surface area contributed by atoms with E-state index in [1.165, 1.54) is 0 Å². The highest BCUT2D eigenvalue weighted by molar-refractivity contribution is 5.45. The molecule has 108 valence electrons. The fourth-order valence-electron chi connectivity index (χ4n) is 1.96. The van der Waals surface area contributed by atoms with Crippen LogP contribution in [0.25, 0.3) is 0 Å². The standard InChI is InChI=1S/C15H21N3O2/c1-11-5-4-6-14(7-11)20-10-13(19)8-16-15-9-18(3)17-12(15)2/h4-7,9,13,16,19H,8,10H2,1-3H3. The van der Waals surface area contributed by atoms with Gasteiger partial charge in [-0.2, -0.15) is 5.10 Å². The monoisotopic (exact) mass is 275 g/mol. The molecule has 0 fully saturated rings. The molecule has 1 aromatic heterocycles. The van der Waals surface area contributed by atoms with E-state index < -0.39 is 6.10 Å². The van der Waals surface area contributed by atoms with Crippen LogP contribution in [0.3, 0.4) is 0 Å². The van der Waals surface area contributed by atoms with Crippen LogP contribution in [0.5, 0.6) is 5.75 Å². The lowest BCUT2D eigenvalue weighted by molar-refractivity contribution is 0.117. The highest BCUT2D eigenvalue weighted by Crippen LogP contribution is 2.13. The second-order valence-corrected chi connectivity index (χ2v) is 4.96.